The van der Waals surface area contributed by atoms with Gasteiger partial charge in [-0.3, -0.25) is 14.4 Å². The number of anilines is 2. The molecule has 2 saturated heterocycles. The Kier molecular flexibility index (Phi) is 5.77. The monoisotopic (exact) mass is 600 g/mol. The van der Waals surface area contributed by atoms with Crippen LogP contribution in [0.3, 0.4) is 0 Å². The Balaban J connectivity index is 1.48. The van der Waals surface area contributed by atoms with Crippen molar-refractivity contribution in [3.05, 3.63) is 99.0 Å². The van der Waals surface area contributed by atoms with Gasteiger partial charge in [-0.2, -0.15) is 13.2 Å². The molecule has 0 bridgehead atoms. The van der Waals surface area contributed by atoms with E-state index in [1.165, 1.54) is 6.07 Å². The van der Waals surface area contributed by atoms with Crippen molar-refractivity contribution < 1.29 is 27.6 Å². The highest BCUT2D eigenvalue weighted by Gasteiger charge is 2.64. The molecule has 3 aliphatic heterocycles. The predicted octanol–water partition coefficient (Wildman–Crippen LogP) is 6.39. The molecule has 0 aromatic heterocycles. The Labute approximate surface area is 228 Å². The summed E-state index contributed by atoms with van der Waals surface area (Å²) < 4.78 is 40.9. The van der Waals surface area contributed by atoms with Crippen LogP contribution in [0.25, 0.3) is 6.08 Å². The van der Waals surface area contributed by atoms with Gasteiger partial charge in [-0.15, -0.1) is 0 Å². The van der Waals surface area contributed by atoms with E-state index in [1.807, 2.05) is 0 Å². The van der Waals surface area contributed by atoms with E-state index in [0.717, 1.165) is 33.1 Å². The molecular weight excluding hydrogens is 585 g/mol. The highest BCUT2D eigenvalue weighted by molar-refractivity contribution is 9.10. The molecule has 3 aliphatic rings. The minimum atomic E-state index is -4.65. The first-order valence-electron chi connectivity index (χ1n) is 11.7. The molecule has 38 heavy (non-hydrogen) atoms. The fourth-order valence-corrected chi connectivity index (χ4v) is 6.15. The van der Waals surface area contributed by atoms with E-state index in [-0.39, 0.29) is 11.5 Å². The lowest BCUT2D eigenvalue weighted by molar-refractivity contribution is -0.137. The third kappa shape index (κ3) is 3.79. The lowest BCUT2D eigenvalue weighted by atomic mass is 9.86. The van der Waals surface area contributed by atoms with E-state index >= 15 is 0 Å². The van der Waals surface area contributed by atoms with Gasteiger partial charge in [0.15, 0.2) is 5.78 Å². The molecule has 0 spiro atoms. The molecule has 0 unspecified atom stereocenters. The zero-order valence-electron chi connectivity index (χ0n) is 19.3. The van der Waals surface area contributed by atoms with E-state index in [4.69, 9.17) is 11.6 Å². The summed E-state index contributed by atoms with van der Waals surface area (Å²) in [5.41, 5.74) is 0.591. The van der Waals surface area contributed by atoms with Gasteiger partial charge in [-0.25, -0.2) is 4.90 Å². The maximum absolute atomic E-state index is 14.0. The Morgan fingerprint density at radius 1 is 0.921 bits per heavy atom. The summed E-state index contributed by atoms with van der Waals surface area (Å²) in [5, 5.41) is 0.491. The quantitative estimate of drug-likeness (QED) is 0.258. The molecule has 0 saturated carbocycles. The number of hydrogen-bond donors (Lipinski definition) is 0. The van der Waals surface area contributed by atoms with Gasteiger partial charge in [0.25, 0.3) is 0 Å². The first-order valence-corrected chi connectivity index (χ1v) is 12.8. The lowest BCUT2D eigenvalue weighted by Crippen LogP contribution is -2.48. The number of imide groups is 1. The summed E-state index contributed by atoms with van der Waals surface area (Å²) in [6, 6.07) is 14.2. The summed E-state index contributed by atoms with van der Waals surface area (Å²) in [6.07, 6.45) is -1.10. The number of carbonyl (C=O) groups is 3. The number of nitrogens with zero attached hydrogens (tertiary/aromatic N) is 2. The minimum Gasteiger partial charge on any atom is -0.352 e. The third-order valence-electron chi connectivity index (χ3n) is 7.30. The van der Waals surface area contributed by atoms with Crippen molar-refractivity contribution >= 4 is 62.6 Å². The van der Waals surface area contributed by atoms with Crippen molar-refractivity contribution in [1.29, 1.82) is 0 Å². The number of carbonyl (C=O) groups excluding carboxylic acids is 3. The molecule has 2 amide bonds. The van der Waals surface area contributed by atoms with Crippen molar-refractivity contribution in [2.45, 2.75) is 18.3 Å². The van der Waals surface area contributed by atoms with Crippen molar-refractivity contribution in [2.75, 3.05) is 9.80 Å². The number of fused-ring (bicyclic) bond motifs is 5. The van der Waals surface area contributed by atoms with Crippen LogP contribution in [0.2, 0.25) is 5.02 Å². The Bertz CT molecular complexity index is 1540. The number of rotatable bonds is 3. The van der Waals surface area contributed by atoms with Gasteiger partial charge in [-0.1, -0.05) is 57.9 Å². The second-order valence-electron chi connectivity index (χ2n) is 9.39. The smallest absolute Gasteiger partial charge is 0.352 e. The van der Waals surface area contributed by atoms with Crippen molar-refractivity contribution in [3.63, 3.8) is 0 Å². The van der Waals surface area contributed by atoms with Gasteiger partial charge in [0, 0.05) is 20.7 Å². The molecule has 6 rings (SSSR count). The zero-order chi connectivity index (χ0) is 26.9. The maximum Gasteiger partial charge on any atom is 0.416 e. The standard InChI is InChI=1S/C28H17BrClF3N2O3/c29-17-7-4-14(5-8-17)25(36)24-23-22(21-10-6-15-12-18(30)9-11-20(15)35(21)24)26(37)34(27(23)38)19-3-1-2-16(13-19)28(31,32)33/h1-13,21-24H/t21-,22-,23+,24-/m0/s1. The molecule has 0 aliphatic carbocycles. The van der Waals surface area contributed by atoms with Gasteiger partial charge in [0.1, 0.15) is 6.04 Å². The van der Waals surface area contributed by atoms with Crippen LogP contribution in [-0.2, 0) is 15.8 Å². The normalized spacial score (nSPS) is 23.9. The molecule has 4 atom stereocenters. The van der Waals surface area contributed by atoms with Crippen LogP contribution in [0.15, 0.2) is 77.3 Å². The van der Waals surface area contributed by atoms with E-state index < -0.39 is 47.5 Å². The first-order chi connectivity index (χ1) is 18.1. The number of hydrogen-bond acceptors (Lipinski definition) is 4. The fourth-order valence-electron chi connectivity index (χ4n) is 5.70. The number of halogens is 5. The highest BCUT2D eigenvalue weighted by atomic mass is 79.9. The number of alkyl halides is 3. The highest BCUT2D eigenvalue weighted by Crippen LogP contribution is 2.50. The van der Waals surface area contributed by atoms with Crippen LogP contribution < -0.4 is 9.80 Å². The van der Waals surface area contributed by atoms with Crippen LogP contribution >= 0.6 is 27.5 Å². The molecule has 5 nitrogen and oxygen atoms in total. The fraction of sp³-hybridized carbons (Fsp3) is 0.179. The summed E-state index contributed by atoms with van der Waals surface area (Å²) >= 11 is 9.53. The van der Waals surface area contributed by atoms with Crippen molar-refractivity contribution in [2.24, 2.45) is 11.8 Å². The van der Waals surface area contributed by atoms with Gasteiger partial charge >= 0.3 is 6.18 Å². The summed E-state index contributed by atoms with van der Waals surface area (Å²) in [5.74, 6) is -3.75. The first kappa shape index (κ1) is 24.9. The third-order valence-corrected chi connectivity index (χ3v) is 8.06. The van der Waals surface area contributed by atoms with Gasteiger partial charge in [0.2, 0.25) is 11.8 Å². The van der Waals surface area contributed by atoms with Crippen LogP contribution in [0.5, 0.6) is 0 Å². The summed E-state index contributed by atoms with van der Waals surface area (Å²) in [6.45, 7) is 0. The molecule has 10 heteroatoms. The lowest BCUT2D eigenvalue weighted by Gasteiger charge is -2.36. The van der Waals surface area contributed by atoms with Crippen molar-refractivity contribution in [3.8, 4) is 0 Å². The summed E-state index contributed by atoms with van der Waals surface area (Å²) in [4.78, 5) is 44.2. The Hall–Kier alpha value is -3.43. The minimum absolute atomic E-state index is 0.169. The second kappa shape index (κ2) is 8.81. The topological polar surface area (TPSA) is 57.7 Å². The SMILES string of the molecule is O=C(c1ccc(Br)cc1)[C@@H]1[C@@H]2C(=O)N(c3cccc(C(F)(F)F)c3)C(=O)[C@H]2[C@@H]2C=Cc3cc(Cl)ccc3N12. The average molecular weight is 602 g/mol. The van der Waals surface area contributed by atoms with Crippen LogP contribution in [-0.4, -0.2) is 29.7 Å². The molecule has 2 fully saturated rings. The van der Waals surface area contributed by atoms with Gasteiger partial charge in [-0.05, 0) is 54.1 Å². The van der Waals surface area contributed by atoms with Gasteiger partial charge in [0.05, 0.1) is 29.1 Å². The Morgan fingerprint density at radius 2 is 1.63 bits per heavy atom. The molecule has 3 heterocycles. The van der Waals surface area contributed by atoms with Crippen LogP contribution in [0.1, 0.15) is 21.5 Å². The molecule has 3 aromatic rings. The molecule has 0 radical (unpaired) electrons. The second-order valence-corrected chi connectivity index (χ2v) is 10.7. The number of benzene rings is 3. The zero-order valence-corrected chi connectivity index (χ0v) is 21.7. The van der Waals surface area contributed by atoms with E-state index in [9.17, 15) is 27.6 Å². The van der Waals surface area contributed by atoms with E-state index in [0.29, 0.717) is 16.3 Å². The van der Waals surface area contributed by atoms with Crippen molar-refractivity contribution in [1.82, 2.24) is 0 Å². The molecule has 3 aromatic carbocycles. The number of ketones is 1. The number of Topliss-reactive ketones (excluding diaryl/α,β-unsaturated/α-hetero) is 1. The Morgan fingerprint density at radius 3 is 2.34 bits per heavy atom. The largest absolute Gasteiger partial charge is 0.416 e. The predicted molar refractivity (Wildman–Crippen MR) is 140 cm³/mol. The van der Waals surface area contributed by atoms with Crippen LogP contribution in [0.4, 0.5) is 24.5 Å². The summed E-state index contributed by atoms with van der Waals surface area (Å²) in [7, 11) is 0. The molecule has 0 N–H and O–H groups in total. The van der Waals surface area contributed by atoms with Crippen LogP contribution in [0, 0.1) is 11.8 Å². The average Bonchev–Trinajstić information content (AvgIpc) is 3.36. The molecular formula is C28H17BrClF3N2O3. The van der Waals surface area contributed by atoms with E-state index in [1.54, 1.807) is 59.5 Å². The van der Waals surface area contributed by atoms with E-state index in [2.05, 4.69) is 15.9 Å². The molecule has 192 valence electrons. The van der Waals surface area contributed by atoms with Gasteiger partial charge < -0.3 is 4.90 Å². The number of amides is 2. The maximum atomic E-state index is 14.0.